The van der Waals surface area contributed by atoms with Crippen molar-refractivity contribution in [3.05, 3.63) is 11.5 Å². The zero-order valence-electron chi connectivity index (χ0n) is 3.68. The van der Waals surface area contributed by atoms with Crippen LogP contribution in [0.3, 0.4) is 0 Å². The Morgan fingerprint density at radius 3 is 3.00 bits per heavy atom. The van der Waals surface area contributed by atoms with Gasteiger partial charge in [-0.3, -0.25) is 9.52 Å². The topological polar surface area (TPSA) is 29.1 Å². The second-order valence-electron chi connectivity index (χ2n) is 1.22. The van der Waals surface area contributed by atoms with E-state index in [9.17, 15) is 4.79 Å². The smallest absolute Gasteiger partial charge is 0.233 e. The molecule has 0 bridgehead atoms. The Hall–Kier alpha value is -0.440. The van der Waals surface area contributed by atoms with E-state index in [0.717, 1.165) is 0 Å². The number of carbonyl (C=O) groups is 1. The Balaban J connectivity index is 2.47. The van der Waals surface area contributed by atoms with Gasteiger partial charge in [0.2, 0.25) is 5.91 Å². The van der Waals surface area contributed by atoms with Crippen molar-refractivity contribution in [1.29, 1.82) is 0 Å². The predicted molar refractivity (Wildman–Crippen MR) is 29.5 cm³/mol. The number of carbonyl (C=O) groups excluding carboxylic acids is 1. The third kappa shape index (κ3) is 1.23. The van der Waals surface area contributed by atoms with Crippen LogP contribution in [-0.2, 0) is 4.79 Å². The third-order valence-corrected chi connectivity index (χ3v) is 1.31. The molecule has 0 fully saturated rings. The average molecular weight is 115 g/mol. The lowest BCUT2D eigenvalue weighted by molar-refractivity contribution is -0.118. The van der Waals surface area contributed by atoms with Crippen molar-refractivity contribution in [2.75, 3.05) is 0 Å². The van der Waals surface area contributed by atoms with Crippen LogP contribution in [0.2, 0.25) is 0 Å². The normalized spacial score (nSPS) is 19.1. The Labute approximate surface area is 46.1 Å². The molecule has 38 valence electrons. The van der Waals surface area contributed by atoms with Gasteiger partial charge in [0, 0.05) is 6.42 Å². The summed E-state index contributed by atoms with van der Waals surface area (Å²) in [6.45, 7) is 0. The van der Waals surface area contributed by atoms with Gasteiger partial charge in [-0.25, -0.2) is 0 Å². The van der Waals surface area contributed by atoms with Crippen LogP contribution in [0.1, 0.15) is 6.42 Å². The van der Waals surface area contributed by atoms with Gasteiger partial charge in [0.15, 0.2) is 0 Å². The lowest BCUT2D eigenvalue weighted by Gasteiger charge is -2.00. The molecule has 1 aliphatic rings. The molecular weight excluding hydrogens is 110 g/mol. The van der Waals surface area contributed by atoms with Crippen molar-refractivity contribution in [2.24, 2.45) is 0 Å². The standard InChI is InChI=1S/C4H5NOS/c6-4-2-1-3-7-5-4/h1,3H,2H2,(H,5,6). The van der Waals surface area contributed by atoms with Gasteiger partial charge in [0.1, 0.15) is 0 Å². The molecule has 3 heteroatoms. The van der Waals surface area contributed by atoms with Crippen LogP contribution in [0, 0.1) is 0 Å². The highest BCUT2D eigenvalue weighted by atomic mass is 32.2. The van der Waals surface area contributed by atoms with E-state index in [1.165, 1.54) is 11.9 Å². The fourth-order valence-corrected chi connectivity index (χ4v) is 0.820. The predicted octanol–water partition coefficient (Wildman–Crippen LogP) is 0.668. The molecule has 0 saturated heterocycles. The minimum absolute atomic E-state index is 0.0903. The summed E-state index contributed by atoms with van der Waals surface area (Å²) in [4.78, 5) is 10.3. The summed E-state index contributed by atoms with van der Waals surface area (Å²) in [6.07, 6.45) is 2.37. The van der Waals surface area contributed by atoms with Crippen LogP contribution in [0.15, 0.2) is 11.5 Å². The summed E-state index contributed by atoms with van der Waals surface area (Å²) in [5, 5.41) is 1.86. The van der Waals surface area contributed by atoms with E-state index in [1.807, 2.05) is 11.5 Å². The Kier molecular flexibility index (Phi) is 1.36. The van der Waals surface area contributed by atoms with Crippen molar-refractivity contribution in [3.63, 3.8) is 0 Å². The number of rotatable bonds is 0. The largest absolute Gasteiger partial charge is 0.296 e. The van der Waals surface area contributed by atoms with Crippen LogP contribution in [0.4, 0.5) is 0 Å². The van der Waals surface area contributed by atoms with Crippen LogP contribution in [-0.4, -0.2) is 5.91 Å². The van der Waals surface area contributed by atoms with E-state index in [-0.39, 0.29) is 5.91 Å². The number of nitrogens with one attached hydrogen (secondary N) is 1. The first-order valence-corrected chi connectivity index (χ1v) is 2.87. The highest BCUT2D eigenvalue weighted by molar-refractivity contribution is 8.00. The SMILES string of the molecule is O=C1CC=CSN1. The Morgan fingerprint density at radius 1 is 1.86 bits per heavy atom. The first-order valence-electron chi connectivity index (χ1n) is 1.99. The van der Waals surface area contributed by atoms with E-state index in [4.69, 9.17) is 0 Å². The van der Waals surface area contributed by atoms with Gasteiger partial charge in [0.05, 0.1) is 0 Å². The number of hydrogen-bond donors (Lipinski definition) is 1. The summed E-state index contributed by atoms with van der Waals surface area (Å²) in [5.74, 6) is 0.0903. The summed E-state index contributed by atoms with van der Waals surface area (Å²) in [5.41, 5.74) is 0. The molecule has 1 aliphatic heterocycles. The van der Waals surface area contributed by atoms with Crippen molar-refractivity contribution in [2.45, 2.75) is 6.42 Å². The second-order valence-corrected chi connectivity index (χ2v) is 1.93. The molecule has 2 nitrogen and oxygen atoms in total. The Morgan fingerprint density at radius 2 is 2.71 bits per heavy atom. The molecule has 0 saturated carbocycles. The van der Waals surface area contributed by atoms with Crippen LogP contribution >= 0.6 is 11.9 Å². The summed E-state index contributed by atoms with van der Waals surface area (Å²) in [6, 6.07) is 0. The molecule has 0 atom stereocenters. The second kappa shape index (κ2) is 2.02. The molecule has 1 heterocycles. The van der Waals surface area contributed by atoms with E-state index >= 15 is 0 Å². The van der Waals surface area contributed by atoms with Gasteiger partial charge in [-0.15, -0.1) is 0 Å². The molecular formula is C4H5NOS. The lowest BCUT2D eigenvalue weighted by Crippen LogP contribution is -2.15. The molecule has 0 spiro atoms. The summed E-state index contributed by atoms with van der Waals surface area (Å²) >= 11 is 1.32. The Bertz CT molecular complexity index is 110. The number of hydrogen-bond acceptors (Lipinski definition) is 2. The van der Waals surface area contributed by atoms with Crippen molar-refractivity contribution in [3.8, 4) is 0 Å². The minimum atomic E-state index is 0.0903. The fourth-order valence-electron chi connectivity index (χ4n) is 0.345. The van der Waals surface area contributed by atoms with Gasteiger partial charge in [-0.1, -0.05) is 6.08 Å². The van der Waals surface area contributed by atoms with Gasteiger partial charge in [-0.05, 0) is 17.4 Å². The maximum absolute atomic E-state index is 10.3. The zero-order chi connectivity index (χ0) is 5.11. The molecule has 1 rings (SSSR count). The van der Waals surface area contributed by atoms with Crippen molar-refractivity contribution >= 4 is 17.9 Å². The summed E-state index contributed by atoms with van der Waals surface area (Å²) < 4.78 is 2.57. The van der Waals surface area contributed by atoms with Crippen LogP contribution in [0.5, 0.6) is 0 Å². The van der Waals surface area contributed by atoms with Gasteiger partial charge in [-0.2, -0.15) is 0 Å². The molecule has 0 aromatic rings. The van der Waals surface area contributed by atoms with Gasteiger partial charge < -0.3 is 0 Å². The highest BCUT2D eigenvalue weighted by Gasteiger charge is 1.98. The number of amides is 1. The molecule has 0 aliphatic carbocycles. The van der Waals surface area contributed by atoms with Crippen molar-refractivity contribution in [1.82, 2.24) is 4.72 Å². The molecule has 0 aromatic carbocycles. The van der Waals surface area contributed by atoms with E-state index in [2.05, 4.69) is 4.72 Å². The van der Waals surface area contributed by atoms with E-state index < -0.39 is 0 Å². The van der Waals surface area contributed by atoms with Gasteiger partial charge in [0.25, 0.3) is 0 Å². The van der Waals surface area contributed by atoms with Gasteiger partial charge >= 0.3 is 0 Å². The van der Waals surface area contributed by atoms with E-state index in [1.54, 1.807) is 0 Å². The lowest BCUT2D eigenvalue weighted by atomic mass is 10.4. The molecule has 1 amide bonds. The average Bonchev–Trinajstić information content (AvgIpc) is 1.69. The molecule has 0 aromatic heterocycles. The fraction of sp³-hybridized carbons (Fsp3) is 0.250. The third-order valence-electron chi connectivity index (χ3n) is 0.640. The van der Waals surface area contributed by atoms with E-state index in [0.29, 0.717) is 6.42 Å². The maximum Gasteiger partial charge on any atom is 0.233 e. The van der Waals surface area contributed by atoms with Crippen molar-refractivity contribution < 1.29 is 4.79 Å². The molecule has 7 heavy (non-hydrogen) atoms. The molecule has 0 radical (unpaired) electrons. The zero-order valence-corrected chi connectivity index (χ0v) is 4.49. The van der Waals surface area contributed by atoms with Crippen LogP contribution < -0.4 is 4.72 Å². The first kappa shape index (κ1) is 4.71. The first-order chi connectivity index (χ1) is 3.39. The summed E-state index contributed by atoms with van der Waals surface area (Å²) in [7, 11) is 0. The molecule has 0 unspecified atom stereocenters. The highest BCUT2D eigenvalue weighted by Crippen LogP contribution is 2.03. The monoisotopic (exact) mass is 115 g/mol. The minimum Gasteiger partial charge on any atom is -0.296 e. The maximum atomic E-state index is 10.3. The van der Waals surface area contributed by atoms with Crippen LogP contribution in [0.25, 0.3) is 0 Å². The molecule has 1 N–H and O–H groups in total. The quantitative estimate of drug-likeness (QED) is 0.470.